The maximum atomic E-state index is 12.5. The summed E-state index contributed by atoms with van der Waals surface area (Å²) in [5.41, 5.74) is 0.526. The van der Waals surface area contributed by atoms with Crippen molar-refractivity contribution < 1.29 is 9.53 Å². The van der Waals surface area contributed by atoms with Crippen LogP contribution >= 0.6 is 0 Å². The Morgan fingerprint density at radius 3 is 2.52 bits per heavy atom. The van der Waals surface area contributed by atoms with Crippen molar-refractivity contribution >= 4 is 5.97 Å². The van der Waals surface area contributed by atoms with E-state index in [9.17, 15) is 4.79 Å². The highest BCUT2D eigenvalue weighted by Crippen LogP contribution is 2.70. The third-order valence-electron chi connectivity index (χ3n) is 4.43. The van der Waals surface area contributed by atoms with Crippen LogP contribution in [0.3, 0.4) is 0 Å². The lowest BCUT2D eigenvalue weighted by molar-refractivity contribution is -0.152. The van der Waals surface area contributed by atoms with Crippen LogP contribution in [-0.2, 0) is 9.53 Å². The van der Waals surface area contributed by atoms with E-state index in [1.54, 1.807) is 6.08 Å². The van der Waals surface area contributed by atoms with Crippen molar-refractivity contribution in [2.24, 2.45) is 16.7 Å². The second-order valence-electron chi connectivity index (χ2n) is 6.41. The molecule has 0 saturated heterocycles. The third-order valence-corrected chi connectivity index (χ3v) is 4.43. The van der Waals surface area contributed by atoms with Crippen LogP contribution in [-0.4, -0.2) is 12.1 Å². The lowest BCUT2D eigenvalue weighted by atomic mass is 9.98. The molecule has 3 unspecified atom stereocenters. The first kappa shape index (κ1) is 17.1. The molecular formula is C19H24O2. The molecule has 0 radical (unpaired) electrons. The van der Waals surface area contributed by atoms with Gasteiger partial charge in [-0.05, 0) is 43.9 Å². The highest BCUT2D eigenvalue weighted by Gasteiger charge is 2.72. The van der Waals surface area contributed by atoms with Gasteiger partial charge in [-0.2, -0.15) is 0 Å². The largest absolute Gasteiger partial charge is 0.437 e. The fourth-order valence-corrected chi connectivity index (χ4v) is 2.68. The van der Waals surface area contributed by atoms with Gasteiger partial charge in [0.15, 0.2) is 0 Å². The molecule has 0 N–H and O–H groups in total. The van der Waals surface area contributed by atoms with Crippen molar-refractivity contribution in [2.45, 2.75) is 47.1 Å². The van der Waals surface area contributed by atoms with E-state index < -0.39 is 11.5 Å². The summed E-state index contributed by atoms with van der Waals surface area (Å²) in [6.07, 6.45) is 8.93. The zero-order chi connectivity index (χ0) is 16.3. The van der Waals surface area contributed by atoms with Gasteiger partial charge in [0.2, 0.25) is 6.10 Å². The number of hydrogen-bond acceptors (Lipinski definition) is 2. The molecule has 3 atom stereocenters. The summed E-state index contributed by atoms with van der Waals surface area (Å²) in [5.74, 6) is 7.90. The van der Waals surface area contributed by atoms with Crippen LogP contribution in [0.2, 0.25) is 0 Å². The number of carbonyl (C=O) groups excluding carboxylic acids is 1. The Balaban J connectivity index is 2.85. The molecule has 0 spiro atoms. The van der Waals surface area contributed by atoms with Crippen LogP contribution in [0, 0.1) is 40.9 Å². The zero-order valence-electron chi connectivity index (χ0n) is 13.6. The summed E-state index contributed by atoms with van der Waals surface area (Å²) in [6.45, 7) is 13.7. The fourth-order valence-electron chi connectivity index (χ4n) is 2.68. The Labute approximate surface area is 128 Å². The van der Waals surface area contributed by atoms with Gasteiger partial charge in [0.05, 0.1) is 5.41 Å². The smallest absolute Gasteiger partial charge is 0.315 e. The zero-order valence-corrected chi connectivity index (χ0v) is 13.6. The summed E-state index contributed by atoms with van der Waals surface area (Å²) in [6, 6.07) is 0. The molecule has 0 aliphatic heterocycles. The van der Waals surface area contributed by atoms with Gasteiger partial charge in [-0.1, -0.05) is 37.5 Å². The van der Waals surface area contributed by atoms with Crippen LogP contribution in [0.15, 0.2) is 24.3 Å². The molecule has 0 amide bonds. The number of hydrogen-bond donors (Lipinski definition) is 0. The van der Waals surface area contributed by atoms with E-state index in [4.69, 9.17) is 11.2 Å². The maximum Gasteiger partial charge on any atom is 0.315 e. The monoisotopic (exact) mass is 284 g/mol. The van der Waals surface area contributed by atoms with Gasteiger partial charge in [-0.25, -0.2) is 0 Å². The summed E-state index contributed by atoms with van der Waals surface area (Å²) in [5, 5.41) is 0. The number of terminal acetylenes is 1. The predicted octanol–water partition coefficient (Wildman–Crippen LogP) is 3.74. The van der Waals surface area contributed by atoms with Gasteiger partial charge in [-0.15, -0.1) is 13.0 Å². The van der Waals surface area contributed by atoms with Crippen molar-refractivity contribution in [3.63, 3.8) is 0 Å². The average molecular weight is 284 g/mol. The molecule has 0 heterocycles. The van der Waals surface area contributed by atoms with Crippen molar-refractivity contribution in [3.05, 3.63) is 24.3 Å². The third kappa shape index (κ3) is 3.22. The highest BCUT2D eigenvalue weighted by atomic mass is 16.5. The molecule has 2 heteroatoms. The molecule has 1 saturated carbocycles. The van der Waals surface area contributed by atoms with Gasteiger partial charge < -0.3 is 4.74 Å². The second-order valence-corrected chi connectivity index (χ2v) is 6.41. The first-order valence-electron chi connectivity index (χ1n) is 7.13. The molecular weight excluding hydrogens is 260 g/mol. The molecule has 1 fully saturated rings. The Bertz CT molecular complexity index is 559. The lowest BCUT2D eigenvalue weighted by Crippen LogP contribution is -2.25. The van der Waals surface area contributed by atoms with Crippen LogP contribution in [0.1, 0.15) is 41.0 Å². The number of carbonyl (C=O) groups is 1. The van der Waals surface area contributed by atoms with E-state index in [0.29, 0.717) is 6.42 Å². The molecule has 1 rings (SSSR count). The van der Waals surface area contributed by atoms with E-state index in [0.717, 1.165) is 0 Å². The minimum absolute atomic E-state index is 0.130. The van der Waals surface area contributed by atoms with Crippen molar-refractivity contribution in [1.29, 1.82) is 0 Å². The standard InChI is InChI=1S/C19H24O2/c1-8-10-11-12-15(9-2)21-17(20)19(7)16(13-14(3)4)18(19,5)6/h2,8,13,15-16H,1,10H2,3-7H3. The normalized spacial score (nSPS) is 26.4. The van der Waals surface area contributed by atoms with Crippen LogP contribution in [0.4, 0.5) is 0 Å². The number of esters is 1. The number of allylic oxidation sites excluding steroid dienone is 3. The van der Waals surface area contributed by atoms with Crippen molar-refractivity contribution in [1.82, 2.24) is 0 Å². The molecule has 21 heavy (non-hydrogen) atoms. The van der Waals surface area contributed by atoms with Gasteiger partial charge in [0.1, 0.15) is 0 Å². The van der Waals surface area contributed by atoms with Crippen LogP contribution < -0.4 is 0 Å². The van der Waals surface area contributed by atoms with Gasteiger partial charge in [0.25, 0.3) is 0 Å². The first-order chi connectivity index (χ1) is 9.71. The van der Waals surface area contributed by atoms with Crippen LogP contribution in [0.5, 0.6) is 0 Å². The van der Waals surface area contributed by atoms with Gasteiger partial charge in [0, 0.05) is 6.42 Å². The molecule has 0 aromatic heterocycles. The summed E-state index contributed by atoms with van der Waals surface area (Å²) >= 11 is 0. The fraction of sp³-hybridized carbons (Fsp3) is 0.526. The van der Waals surface area contributed by atoms with Crippen LogP contribution in [0.25, 0.3) is 0 Å². The predicted molar refractivity (Wildman–Crippen MR) is 86.1 cm³/mol. The molecule has 1 aliphatic carbocycles. The van der Waals surface area contributed by atoms with E-state index >= 15 is 0 Å². The Morgan fingerprint density at radius 2 is 2.05 bits per heavy atom. The summed E-state index contributed by atoms with van der Waals surface area (Å²) in [7, 11) is 0. The van der Waals surface area contributed by atoms with E-state index in [1.165, 1.54) is 5.57 Å². The van der Waals surface area contributed by atoms with Crippen molar-refractivity contribution in [2.75, 3.05) is 0 Å². The minimum atomic E-state index is -0.793. The van der Waals surface area contributed by atoms with E-state index in [1.807, 2.05) is 20.8 Å². The van der Waals surface area contributed by atoms with Crippen molar-refractivity contribution in [3.8, 4) is 24.2 Å². The topological polar surface area (TPSA) is 26.3 Å². The Morgan fingerprint density at radius 1 is 1.43 bits per heavy atom. The van der Waals surface area contributed by atoms with E-state index in [-0.39, 0.29) is 17.3 Å². The van der Waals surface area contributed by atoms with E-state index in [2.05, 4.69) is 44.3 Å². The van der Waals surface area contributed by atoms with Gasteiger partial charge in [-0.3, -0.25) is 4.79 Å². The molecule has 112 valence electrons. The molecule has 0 aromatic rings. The number of rotatable bonds is 4. The molecule has 2 nitrogen and oxygen atoms in total. The molecule has 0 aromatic carbocycles. The quantitative estimate of drug-likeness (QED) is 0.446. The number of ether oxygens (including phenoxy) is 1. The SMILES string of the molecule is C#CC(C#CCC=C)OC(=O)C1(C)C(C=C(C)C)C1(C)C. The first-order valence-corrected chi connectivity index (χ1v) is 7.13. The summed E-state index contributed by atoms with van der Waals surface area (Å²) < 4.78 is 5.41. The average Bonchev–Trinajstić information content (AvgIpc) is 2.83. The summed E-state index contributed by atoms with van der Waals surface area (Å²) in [4.78, 5) is 12.5. The Kier molecular flexibility index (Phi) is 5.08. The minimum Gasteiger partial charge on any atom is -0.437 e. The molecule has 0 bridgehead atoms. The highest BCUT2D eigenvalue weighted by molar-refractivity contribution is 5.83. The Hall–Kier alpha value is -1.93. The maximum absolute atomic E-state index is 12.5. The van der Waals surface area contributed by atoms with Gasteiger partial charge >= 0.3 is 5.97 Å². The second kappa shape index (κ2) is 6.23. The lowest BCUT2D eigenvalue weighted by Gasteiger charge is -2.15. The molecule has 1 aliphatic rings.